The first-order valence-corrected chi connectivity index (χ1v) is 34.6. The van der Waals surface area contributed by atoms with Gasteiger partial charge in [-0.25, -0.2) is 35.3 Å². The van der Waals surface area contributed by atoms with Crippen LogP contribution in [0.3, 0.4) is 0 Å². The Hall–Kier alpha value is -6.79. The van der Waals surface area contributed by atoms with Gasteiger partial charge < -0.3 is 24.2 Å². The maximum atomic E-state index is 15.8. The summed E-state index contributed by atoms with van der Waals surface area (Å²) in [4.78, 5) is 66.9. The van der Waals surface area contributed by atoms with Crippen molar-refractivity contribution in [3.63, 3.8) is 0 Å². The molecular weight excluding hydrogens is 1370 g/mol. The lowest BCUT2D eigenvalue weighted by atomic mass is 9.78. The number of halogens is 11. The van der Waals surface area contributed by atoms with E-state index >= 15 is 17.6 Å². The number of fused-ring (bicyclic) bond motifs is 4. The van der Waals surface area contributed by atoms with Crippen LogP contribution in [-0.2, 0) is 92.4 Å². The number of hydrogen-bond donors (Lipinski definition) is 5. The van der Waals surface area contributed by atoms with Crippen LogP contribution in [0.25, 0.3) is 22.0 Å². The number of amides is 3. The molecule has 5 N–H and O–H groups in total. The molecule has 37 heteroatoms. The number of pyridine rings is 1. The van der Waals surface area contributed by atoms with Crippen molar-refractivity contribution in [2.75, 3.05) is 25.8 Å². The number of sulfone groups is 1. The second-order valence-electron chi connectivity index (χ2n) is 23.2. The molecule has 1 unspecified atom stereocenters. The Morgan fingerprint density at radius 2 is 1.56 bits per heavy atom. The van der Waals surface area contributed by atoms with Gasteiger partial charge in [-0.3, -0.25) is 42.7 Å². The normalized spacial score (nSPS) is 16.4. The van der Waals surface area contributed by atoms with Crippen LogP contribution >= 0.6 is 27.0 Å². The summed E-state index contributed by atoms with van der Waals surface area (Å²) in [5.41, 5.74) is -8.75. The van der Waals surface area contributed by atoms with E-state index in [1.54, 1.807) is 0 Å². The number of phosphoric acid groups is 1. The van der Waals surface area contributed by atoms with E-state index in [1.807, 2.05) is 0 Å². The minimum absolute atomic E-state index is 0.0394. The first-order valence-electron chi connectivity index (χ1n) is 28.1. The number of hydrogen-bond acceptors (Lipinski definition) is 14. The van der Waals surface area contributed by atoms with Gasteiger partial charge in [0.25, 0.3) is 23.1 Å². The van der Waals surface area contributed by atoms with Gasteiger partial charge in [-0.05, 0) is 113 Å². The zero-order valence-corrected chi connectivity index (χ0v) is 54.9. The first-order chi connectivity index (χ1) is 43.3. The SMILES string of the molecule is CCOP(=O)(CNC(=O)c1cc(C)c(C(C)(C)CC(=O)N(Cc2nn(CC(F)(F)F)c3c(-c4ccc(C#CC(C)(C)S(C)(=O)=O)nc4[C@H](Cc4cc(F)cc(F)c4)NC(=O)Cn4nc(C(F)(F)F)c5c4C(F)(F)[C@@H]4C[C@H]54)ccc(Cl)c23)S(=O)O)c(OP(=O)(O)O)c1)OCC. The van der Waals surface area contributed by atoms with Crippen molar-refractivity contribution >= 4 is 76.7 Å². The fraction of sp³-hybridized carbons (Fsp3) is 0.439. The molecule has 510 valence electrons. The highest BCUT2D eigenvalue weighted by Crippen LogP contribution is 2.68. The van der Waals surface area contributed by atoms with E-state index in [9.17, 15) is 76.8 Å². The monoisotopic (exact) mass is 1430 g/mol. The molecule has 22 nitrogen and oxygen atoms in total. The van der Waals surface area contributed by atoms with Gasteiger partial charge in [-0.15, -0.1) is 0 Å². The van der Waals surface area contributed by atoms with Crippen molar-refractivity contribution < 1.29 is 108 Å². The molecule has 4 atom stereocenters. The molecule has 2 aliphatic rings. The Kier molecular flexibility index (Phi) is 20.7. The molecule has 1 saturated carbocycles. The number of benzene rings is 3. The maximum absolute atomic E-state index is 15.8. The van der Waals surface area contributed by atoms with Crippen LogP contribution < -0.4 is 15.2 Å². The van der Waals surface area contributed by atoms with Crippen molar-refractivity contribution in [1.29, 1.82) is 0 Å². The van der Waals surface area contributed by atoms with E-state index in [2.05, 4.69) is 37.7 Å². The minimum Gasteiger partial charge on any atom is -0.404 e. The zero-order chi connectivity index (χ0) is 70.0. The predicted octanol–water partition coefficient (Wildman–Crippen LogP) is 10.9. The standard InChI is InChI=1S/C57H59ClF10N8O14P2S2/c1-9-88-91(80,89-10-2)28-69-52(79)31-17-29(3)47(42(21-31)90-92(81,82)83)53(4,5)24-44(78)76(93(84)85)25-41-46-39(58)14-13-36(49(46)75(72-41)27-55(61,62)63)35-12-11-34(15-16-54(6,7)94(8,86)87)70-48(35)40(20-30-18-32(59)22-33(60)19-30)71-43(77)26-74-51-45(50(73-74)57(66,67)68)37-23-38(37)56(51,64)65/h11-14,17-19,21-22,37-38,40H,9-10,20,23-28H2,1-8H3,(H,69,79)(H,71,77)(H,84,85)(H2,81,82,83)/t37-,38+,40-/m0/s1. The Morgan fingerprint density at radius 1 is 0.936 bits per heavy atom. The van der Waals surface area contributed by atoms with Gasteiger partial charge in [0.2, 0.25) is 11.8 Å². The van der Waals surface area contributed by atoms with Gasteiger partial charge in [0.05, 0.1) is 47.7 Å². The number of aryl methyl sites for hydroxylation is 1. The third-order valence-corrected chi connectivity index (χ3v) is 20.6. The summed E-state index contributed by atoms with van der Waals surface area (Å²) in [6.07, 6.45) is -12.1. The summed E-state index contributed by atoms with van der Waals surface area (Å²) in [5.74, 6) is -8.16. The number of nitrogens with one attached hydrogen (secondary N) is 2. The molecule has 3 aromatic heterocycles. The molecule has 0 bridgehead atoms. The highest BCUT2D eigenvalue weighted by atomic mass is 35.5. The summed E-state index contributed by atoms with van der Waals surface area (Å²) in [6.45, 7) is 4.90. The molecule has 3 aromatic carbocycles. The molecule has 0 spiro atoms. The van der Waals surface area contributed by atoms with Gasteiger partial charge in [-0.1, -0.05) is 37.4 Å². The van der Waals surface area contributed by atoms with E-state index < -0.39 is 201 Å². The Bertz CT molecular complexity index is 4310. The fourth-order valence-corrected chi connectivity index (χ4v) is 13.9. The second-order valence-corrected chi connectivity index (χ2v) is 30.3. The van der Waals surface area contributed by atoms with Crippen LogP contribution in [-0.4, -0.2) is 110 Å². The lowest BCUT2D eigenvalue weighted by molar-refractivity contribution is -0.143. The van der Waals surface area contributed by atoms with Crippen molar-refractivity contribution in [3.05, 3.63) is 128 Å². The van der Waals surface area contributed by atoms with E-state index in [-0.39, 0.29) is 67.7 Å². The van der Waals surface area contributed by atoms with Gasteiger partial charge in [0.15, 0.2) is 15.5 Å². The molecule has 6 aromatic rings. The number of aromatic nitrogens is 5. The molecule has 8 rings (SSSR count). The van der Waals surface area contributed by atoms with Crippen LogP contribution in [0.15, 0.2) is 54.6 Å². The third-order valence-electron chi connectivity index (χ3n) is 15.3. The molecule has 0 saturated heterocycles. The van der Waals surface area contributed by atoms with Crippen LogP contribution in [0.4, 0.5) is 43.9 Å². The molecule has 0 radical (unpaired) electrons. The molecule has 94 heavy (non-hydrogen) atoms. The van der Waals surface area contributed by atoms with Gasteiger partial charge in [-0.2, -0.15) is 45.3 Å². The average Bonchev–Trinajstić information content (AvgIpc) is 1.52. The Labute approximate surface area is 537 Å². The molecule has 0 aliphatic heterocycles. The Morgan fingerprint density at radius 3 is 2.14 bits per heavy atom. The topological polar surface area (TPSA) is 301 Å². The molecular formula is C57H59ClF10N8O14P2S2. The number of rotatable bonds is 24. The largest absolute Gasteiger partial charge is 0.524 e. The summed E-state index contributed by atoms with van der Waals surface area (Å²) in [6, 6.07) is 6.81. The van der Waals surface area contributed by atoms with Crippen molar-refractivity contribution in [2.45, 2.75) is 128 Å². The molecule has 2 aliphatic carbocycles. The van der Waals surface area contributed by atoms with Crippen molar-refractivity contribution in [2.24, 2.45) is 5.92 Å². The minimum atomic E-state index is -5.51. The molecule has 3 heterocycles. The van der Waals surface area contributed by atoms with Crippen molar-refractivity contribution in [3.8, 4) is 28.7 Å². The Balaban J connectivity index is 1.25. The highest BCUT2D eigenvalue weighted by Gasteiger charge is 2.68. The van der Waals surface area contributed by atoms with Crippen LogP contribution in [0.2, 0.25) is 5.02 Å². The van der Waals surface area contributed by atoms with E-state index in [1.165, 1.54) is 54.5 Å². The maximum Gasteiger partial charge on any atom is 0.524 e. The molecule has 3 amide bonds. The zero-order valence-electron chi connectivity index (χ0n) is 50.7. The average molecular weight is 1430 g/mol. The van der Waals surface area contributed by atoms with Crippen LogP contribution in [0, 0.1) is 36.3 Å². The summed E-state index contributed by atoms with van der Waals surface area (Å²) >= 11 is 3.42. The van der Waals surface area contributed by atoms with E-state index in [0.29, 0.717) is 10.7 Å². The van der Waals surface area contributed by atoms with Gasteiger partial charge in [0, 0.05) is 63.3 Å². The van der Waals surface area contributed by atoms with Gasteiger partial charge in [0.1, 0.15) is 52.9 Å². The highest BCUT2D eigenvalue weighted by molar-refractivity contribution is 7.92. The first kappa shape index (κ1) is 73.0. The number of carbonyl (C=O) groups excluding carboxylic acids is 3. The number of nitrogens with zero attached hydrogens (tertiary/aromatic N) is 6. The summed E-state index contributed by atoms with van der Waals surface area (Å²) in [5, 5.41) is 11.5. The van der Waals surface area contributed by atoms with Crippen LogP contribution in [0.5, 0.6) is 5.75 Å². The summed E-state index contributed by atoms with van der Waals surface area (Å²) < 4.78 is 239. The van der Waals surface area contributed by atoms with Gasteiger partial charge >= 0.3 is 27.8 Å². The fourth-order valence-electron chi connectivity index (χ4n) is 11.1. The predicted molar refractivity (Wildman–Crippen MR) is 319 cm³/mol. The van der Waals surface area contributed by atoms with E-state index in [4.69, 9.17) is 25.2 Å². The van der Waals surface area contributed by atoms with Crippen LogP contribution in [0.1, 0.15) is 127 Å². The quantitative estimate of drug-likeness (QED) is 0.0163. The van der Waals surface area contributed by atoms with E-state index in [0.717, 1.165) is 48.7 Å². The van der Waals surface area contributed by atoms with Crippen molar-refractivity contribution in [1.82, 2.24) is 39.5 Å². The second kappa shape index (κ2) is 26.7. The lowest BCUT2D eigenvalue weighted by Crippen LogP contribution is -2.37. The number of phosphoric ester groups is 1. The third kappa shape index (κ3) is 16.2. The number of alkyl halides is 8. The number of carbonyl (C=O) groups is 3. The molecule has 1 fully saturated rings. The smallest absolute Gasteiger partial charge is 0.404 e. The lowest BCUT2D eigenvalue weighted by Gasteiger charge is -2.31. The summed E-state index contributed by atoms with van der Waals surface area (Å²) in [7, 11) is -13.4.